The normalized spacial score (nSPS) is 10.2. The summed E-state index contributed by atoms with van der Waals surface area (Å²) >= 11 is 3.43. The highest BCUT2D eigenvalue weighted by Gasteiger charge is 2.04. The topological polar surface area (TPSA) is 54.9 Å². The van der Waals surface area contributed by atoms with Crippen LogP contribution in [0.25, 0.3) is 0 Å². The lowest BCUT2D eigenvalue weighted by Crippen LogP contribution is -2.12. The Kier molecular flexibility index (Phi) is 4.63. The maximum absolute atomic E-state index is 11.8. The third-order valence-corrected chi connectivity index (χ3v) is 3.59. The van der Waals surface area contributed by atoms with Crippen molar-refractivity contribution in [3.8, 4) is 0 Å². The Balaban J connectivity index is 1.89. The van der Waals surface area contributed by atoms with Gasteiger partial charge in [-0.15, -0.1) is 0 Å². The van der Waals surface area contributed by atoms with Crippen molar-refractivity contribution in [1.82, 2.24) is 9.97 Å². The van der Waals surface area contributed by atoms with Crippen molar-refractivity contribution in [2.24, 2.45) is 0 Å². The van der Waals surface area contributed by atoms with E-state index < -0.39 is 0 Å². The number of carbonyl (C=O) groups is 1. The van der Waals surface area contributed by atoms with Crippen LogP contribution in [0.3, 0.4) is 0 Å². The van der Waals surface area contributed by atoms with Gasteiger partial charge in [0.2, 0.25) is 5.91 Å². The second kappa shape index (κ2) is 6.43. The predicted octanol–water partition coefficient (Wildman–Crippen LogP) is 3.12. The molecule has 0 aliphatic heterocycles. The van der Waals surface area contributed by atoms with Crippen molar-refractivity contribution in [2.45, 2.75) is 19.8 Å². The number of carbonyl (C=O) groups excluding carboxylic acids is 1. The van der Waals surface area contributed by atoms with Gasteiger partial charge in [0, 0.05) is 29.0 Å². The number of anilines is 1. The third kappa shape index (κ3) is 4.13. The Labute approximate surface area is 120 Å². The van der Waals surface area contributed by atoms with Gasteiger partial charge in [-0.1, -0.05) is 15.9 Å². The van der Waals surface area contributed by atoms with E-state index >= 15 is 0 Å². The molecule has 0 fully saturated rings. The SMILES string of the molecule is Cc1cc(NC(=O)CCc2cncnc2)ccc1Br. The van der Waals surface area contributed by atoms with E-state index in [1.807, 2.05) is 25.1 Å². The van der Waals surface area contributed by atoms with E-state index in [0.29, 0.717) is 12.8 Å². The summed E-state index contributed by atoms with van der Waals surface area (Å²) in [6, 6.07) is 5.74. The third-order valence-electron chi connectivity index (χ3n) is 2.70. The Morgan fingerprint density at radius 3 is 2.74 bits per heavy atom. The lowest BCUT2D eigenvalue weighted by atomic mass is 10.2. The van der Waals surface area contributed by atoms with Crippen LogP contribution in [0, 0.1) is 6.92 Å². The van der Waals surface area contributed by atoms with Gasteiger partial charge in [0.15, 0.2) is 0 Å². The van der Waals surface area contributed by atoms with Gasteiger partial charge in [0.05, 0.1) is 0 Å². The largest absolute Gasteiger partial charge is 0.326 e. The molecule has 0 aliphatic carbocycles. The molecule has 0 saturated heterocycles. The van der Waals surface area contributed by atoms with Crippen LogP contribution in [-0.2, 0) is 11.2 Å². The van der Waals surface area contributed by atoms with E-state index in [1.54, 1.807) is 12.4 Å². The second-order valence-electron chi connectivity index (χ2n) is 4.26. The number of hydrogen-bond acceptors (Lipinski definition) is 3. The van der Waals surface area contributed by atoms with Crippen molar-refractivity contribution < 1.29 is 4.79 Å². The fourth-order valence-electron chi connectivity index (χ4n) is 1.66. The summed E-state index contributed by atoms with van der Waals surface area (Å²) < 4.78 is 1.03. The number of rotatable bonds is 4. The number of aryl methyl sites for hydroxylation is 2. The van der Waals surface area contributed by atoms with Crippen molar-refractivity contribution in [3.05, 3.63) is 52.5 Å². The molecule has 2 aromatic rings. The number of nitrogens with one attached hydrogen (secondary N) is 1. The molecule has 0 bridgehead atoms. The molecule has 4 nitrogen and oxygen atoms in total. The van der Waals surface area contributed by atoms with Gasteiger partial charge in [0.1, 0.15) is 6.33 Å². The first kappa shape index (κ1) is 13.7. The number of benzene rings is 1. The van der Waals surface area contributed by atoms with Gasteiger partial charge in [-0.25, -0.2) is 9.97 Å². The minimum absolute atomic E-state index is 0.00873. The number of hydrogen-bond donors (Lipinski definition) is 1. The zero-order valence-electron chi connectivity index (χ0n) is 10.6. The van der Waals surface area contributed by atoms with Crippen molar-refractivity contribution in [3.63, 3.8) is 0 Å². The Morgan fingerprint density at radius 2 is 2.05 bits per heavy atom. The van der Waals surface area contributed by atoms with Crippen molar-refractivity contribution in [2.75, 3.05) is 5.32 Å². The van der Waals surface area contributed by atoms with Crippen LogP contribution in [0.4, 0.5) is 5.69 Å². The van der Waals surface area contributed by atoms with E-state index in [1.165, 1.54) is 6.33 Å². The highest BCUT2D eigenvalue weighted by molar-refractivity contribution is 9.10. The standard InChI is InChI=1S/C14H14BrN3O/c1-10-6-12(3-4-13(10)15)18-14(19)5-2-11-7-16-9-17-8-11/h3-4,6-9H,2,5H2,1H3,(H,18,19). The Morgan fingerprint density at radius 1 is 1.32 bits per heavy atom. The molecule has 0 radical (unpaired) electrons. The second-order valence-corrected chi connectivity index (χ2v) is 5.11. The summed E-state index contributed by atoms with van der Waals surface area (Å²) in [5.41, 5.74) is 2.87. The molecule has 0 spiro atoms. The lowest BCUT2D eigenvalue weighted by molar-refractivity contribution is -0.116. The molecule has 5 heteroatoms. The Hall–Kier alpha value is -1.75. The van der Waals surface area contributed by atoms with E-state index in [2.05, 4.69) is 31.2 Å². The van der Waals surface area contributed by atoms with Crippen LogP contribution in [0.1, 0.15) is 17.5 Å². The summed E-state index contributed by atoms with van der Waals surface area (Å²) in [5.74, 6) is -0.00873. The number of aromatic nitrogens is 2. The average Bonchev–Trinajstić information content (AvgIpc) is 2.42. The molecule has 0 atom stereocenters. The summed E-state index contributed by atoms with van der Waals surface area (Å²) in [5, 5.41) is 2.88. The summed E-state index contributed by atoms with van der Waals surface area (Å²) in [6.45, 7) is 1.99. The molecule has 98 valence electrons. The predicted molar refractivity (Wildman–Crippen MR) is 77.9 cm³/mol. The molecular formula is C14H14BrN3O. The molecular weight excluding hydrogens is 306 g/mol. The minimum Gasteiger partial charge on any atom is -0.326 e. The van der Waals surface area contributed by atoms with Crippen molar-refractivity contribution in [1.29, 1.82) is 0 Å². The van der Waals surface area contributed by atoms with Crippen LogP contribution >= 0.6 is 15.9 Å². The number of halogens is 1. The number of nitrogens with zero attached hydrogens (tertiary/aromatic N) is 2. The zero-order chi connectivity index (χ0) is 13.7. The fraction of sp³-hybridized carbons (Fsp3) is 0.214. The van der Waals surface area contributed by atoms with E-state index in [0.717, 1.165) is 21.3 Å². The number of amides is 1. The minimum atomic E-state index is -0.00873. The fourth-order valence-corrected chi connectivity index (χ4v) is 1.91. The molecule has 1 N–H and O–H groups in total. The van der Waals surface area contributed by atoms with Gasteiger partial charge >= 0.3 is 0 Å². The molecule has 2 rings (SSSR count). The van der Waals surface area contributed by atoms with Gasteiger partial charge in [-0.3, -0.25) is 4.79 Å². The zero-order valence-corrected chi connectivity index (χ0v) is 12.1. The van der Waals surface area contributed by atoms with Crippen LogP contribution < -0.4 is 5.32 Å². The molecule has 1 amide bonds. The van der Waals surface area contributed by atoms with Crippen LogP contribution in [0.2, 0.25) is 0 Å². The maximum Gasteiger partial charge on any atom is 0.224 e. The molecule has 0 saturated carbocycles. The quantitative estimate of drug-likeness (QED) is 0.942. The highest BCUT2D eigenvalue weighted by Crippen LogP contribution is 2.20. The van der Waals surface area contributed by atoms with Gasteiger partial charge in [0.25, 0.3) is 0 Å². The van der Waals surface area contributed by atoms with Gasteiger partial charge < -0.3 is 5.32 Å². The first-order valence-corrected chi connectivity index (χ1v) is 6.74. The molecule has 1 heterocycles. The van der Waals surface area contributed by atoms with Gasteiger partial charge in [-0.2, -0.15) is 0 Å². The highest BCUT2D eigenvalue weighted by atomic mass is 79.9. The van der Waals surface area contributed by atoms with E-state index in [9.17, 15) is 4.79 Å². The van der Waals surface area contributed by atoms with E-state index in [4.69, 9.17) is 0 Å². The molecule has 19 heavy (non-hydrogen) atoms. The van der Waals surface area contributed by atoms with Crippen LogP contribution in [0.5, 0.6) is 0 Å². The average molecular weight is 320 g/mol. The first-order chi connectivity index (χ1) is 9.15. The molecule has 0 unspecified atom stereocenters. The molecule has 1 aromatic heterocycles. The van der Waals surface area contributed by atoms with Gasteiger partial charge in [-0.05, 0) is 42.7 Å². The first-order valence-electron chi connectivity index (χ1n) is 5.95. The maximum atomic E-state index is 11.8. The van der Waals surface area contributed by atoms with E-state index in [-0.39, 0.29) is 5.91 Å². The lowest BCUT2D eigenvalue weighted by Gasteiger charge is -2.07. The summed E-state index contributed by atoms with van der Waals surface area (Å²) in [6.07, 6.45) is 5.99. The smallest absolute Gasteiger partial charge is 0.224 e. The van der Waals surface area contributed by atoms with Crippen LogP contribution in [-0.4, -0.2) is 15.9 Å². The van der Waals surface area contributed by atoms with Crippen LogP contribution in [0.15, 0.2) is 41.4 Å². The summed E-state index contributed by atoms with van der Waals surface area (Å²) in [4.78, 5) is 19.7. The monoisotopic (exact) mass is 319 g/mol. The molecule has 0 aliphatic rings. The summed E-state index contributed by atoms with van der Waals surface area (Å²) in [7, 11) is 0. The van der Waals surface area contributed by atoms with Crippen molar-refractivity contribution >= 4 is 27.5 Å². The Bertz CT molecular complexity index is 572. The molecule has 1 aromatic carbocycles.